The van der Waals surface area contributed by atoms with Gasteiger partial charge >= 0.3 is 0 Å². The highest BCUT2D eigenvalue weighted by Gasteiger charge is 2.26. The summed E-state index contributed by atoms with van der Waals surface area (Å²) in [6.07, 6.45) is 3.55. The molecule has 2 rings (SSSR count). The molecule has 0 saturated carbocycles. The predicted molar refractivity (Wildman–Crippen MR) is 80.8 cm³/mol. The normalized spacial score (nSPS) is 18.4. The fourth-order valence-corrected chi connectivity index (χ4v) is 2.37. The number of rotatable bonds is 4. The Bertz CT molecular complexity index is 418. The molecule has 0 radical (unpaired) electrons. The van der Waals surface area contributed by atoms with Crippen LogP contribution >= 0.6 is 0 Å². The van der Waals surface area contributed by atoms with E-state index in [0.29, 0.717) is 5.41 Å². The van der Waals surface area contributed by atoms with Crippen LogP contribution in [0.1, 0.15) is 45.7 Å². The van der Waals surface area contributed by atoms with Crippen molar-refractivity contribution in [1.82, 2.24) is 9.97 Å². The summed E-state index contributed by atoms with van der Waals surface area (Å²) >= 11 is 0. The lowest BCUT2D eigenvalue weighted by molar-refractivity contribution is 0.279. The van der Waals surface area contributed by atoms with Crippen LogP contribution in [-0.4, -0.2) is 29.6 Å². The highest BCUT2D eigenvalue weighted by molar-refractivity contribution is 5.45. The fourth-order valence-electron chi connectivity index (χ4n) is 2.37. The number of aryl methyl sites for hydroxylation is 1. The summed E-state index contributed by atoms with van der Waals surface area (Å²) in [5.74, 6) is 1.84. The van der Waals surface area contributed by atoms with Gasteiger partial charge in [0.2, 0.25) is 5.95 Å². The molecule has 19 heavy (non-hydrogen) atoms. The van der Waals surface area contributed by atoms with Gasteiger partial charge in [0.15, 0.2) is 0 Å². The van der Waals surface area contributed by atoms with Gasteiger partial charge < -0.3 is 10.2 Å². The molecule has 0 aromatic carbocycles. The Morgan fingerprint density at radius 1 is 1.26 bits per heavy atom. The molecule has 0 spiro atoms. The van der Waals surface area contributed by atoms with Gasteiger partial charge in [0, 0.05) is 31.4 Å². The monoisotopic (exact) mass is 262 g/mol. The van der Waals surface area contributed by atoms with Crippen LogP contribution in [-0.2, 0) is 0 Å². The van der Waals surface area contributed by atoms with E-state index >= 15 is 0 Å². The molecule has 0 atom stereocenters. The molecule has 106 valence electrons. The molecule has 1 N–H and O–H groups in total. The van der Waals surface area contributed by atoms with Gasteiger partial charge in [-0.3, -0.25) is 0 Å². The summed E-state index contributed by atoms with van der Waals surface area (Å²) in [6, 6.07) is 2.09. The number of hydrogen-bond acceptors (Lipinski definition) is 4. The van der Waals surface area contributed by atoms with Crippen molar-refractivity contribution in [2.24, 2.45) is 5.41 Å². The summed E-state index contributed by atoms with van der Waals surface area (Å²) in [5, 5.41) is 3.28. The highest BCUT2D eigenvalue weighted by atomic mass is 15.2. The summed E-state index contributed by atoms with van der Waals surface area (Å²) < 4.78 is 0. The molecule has 1 saturated heterocycles. The largest absolute Gasteiger partial charge is 0.356 e. The summed E-state index contributed by atoms with van der Waals surface area (Å²) in [4.78, 5) is 11.5. The molecular weight excluding hydrogens is 236 g/mol. The van der Waals surface area contributed by atoms with Gasteiger partial charge in [-0.05, 0) is 31.6 Å². The van der Waals surface area contributed by atoms with E-state index < -0.39 is 0 Å². The van der Waals surface area contributed by atoms with Crippen LogP contribution in [0.25, 0.3) is 0 Å². The number of aromatic nitrogens is 2. The first-order chi connectivity index (χ1) is 9.00. The average molecular weight is 262 g/mol. The van der Waals surface area contributed by atoms with E-state index in [1.54, 1.807) is 0 Å². The Balaban J connectivity index is 2.09. The molecule has 0 amide bonds. The van der Waals surface area contributed by atoms with E-state index in [2.05, 4.69) is 47.0 Å². The lowest BCUT2D eigenvalue weighted by Crippen LogP contribution is -2.37. The Labute approximate surface area is 116 Å². The van der Waals surface area contributed by atoms with Gasteiger partial charge in [0.25, 0.3) is 0 Å². The molecule has 0 aliphatic carbocycles. The van der Waals surface area contributed by atoms with Crippen LogP contribution in [0.15, 0.2) is 6.07 Å². The maximum absolute atomic E-state index is 4.65. The van der Waals surface area contributed by atoms with Crippen molar-refractivity contribution in [2.75, 3.05) is 29.9 Å². The van der Waals surface area contributed by atoms with E-state index in [0.717, 1.165) is 43.5 Å². The zero-order chi connectivity index (χ0) is 13.9. The molecular formula is C15H26N4. The fraction of sp³-hybridized carbons (Fsp3) is 0.733. The first-order valence-corrected chi connectivity index (χ1v) is 7.35. The van der Waals surface area contributed by atoms with Crippen molar-refractivity contribution in [2.45, 2.75) is 47.0 Å². The van der Waals surface area contributed by atoms with Crippen molar-refractivity contribution < 1.29 is 0 Å². The van der Waals surface area contributed by atoms with Gasteiger partial charge in [-0.2, -0.15) is 4.98 Å². The van der Waals surface area contributed by atoms with Gasteiger partial charge in [-0.25, -0.2) is 4.98 Å². The molecule has 4 nitrogen and oxygen atoms in total. The number of anilines is 2. The summed E-state index contributed by atoms with van der Waals surface area (Å²) in [5.41, 5.74) is 1.51. The van der Waals surface area contributed by atoms with Crippen LogP contribution in [0, 0.1) is 12.3 Å². The predicted octanol–water partition coefficient (Wildman–Crippen LogP) is 3.23. The van der Waals surface area contributed by atoms with Gasteiger partial charge in [-0.15, -0.1) is 0 Å². The highest BCUT2D eigenvalue weighted by Crippen LogP contribution is 2.31. The number of piperidine rings is 1. The smallest absolute Gasteiger partial charge is 0.224 e. The molecule has 1 aliphatic rings. The molecule has 0 unspecified atom stereocenters. The molecule has 1 aromatic rings. The number of hydrogen-bond donors (Lipinski definition) is 1. The lowest BCUT2D eigenvalue weighted by Gasteiger charge is -2.37. The van der Waals surface area contributed by atoms with Crippen molar-refractivity contribution >= 4 is 11.8 Å². The third kappa shape index (κ3) is 3.82. The Morgan fingerprint density at radius 3 is 2.58 bits per heavy atom. The van der Waals surface area contributed by atoms with Crippen molar-refractivity contribution in [3.8, 4) is 0 Å². The van der Waals surface area contributed by atoms with Crippen molar-refractivity contribution in [3.63, 3.8) is 0 Å². The van der Waals surface area contributed by atoms with Crippen molar-refractivity contribution in [1.29, 1.82) is 0 Å². The maximum Gasteiger partial charge on any atom is 0.224 e. The first kappa shape index (κ1) is 14.1. The van der Waals surface area contributed by atoms with Crippen LogP contribution in [0.3, 0.4) is 0 Å². The van der Waals surface area contributed by atoms with E-state index in [1.165, 1.54) is 12.8 Å². The third-order valence-electron chi connectivity index (χ3n) is 3.81. The summed E-state index contributed by atoms with van der Waals surface area (Å²) in [6.45, 7) is 12.0. The minimum atomic E-state index is 0.474. The van der Waals surface area contributed by atoms with Crippen LogP contribution in [0.4, 0.5) is 11.8 Å². The van der Waals surface area contributed by atoms with Crippen LogP contribution in [0.2, 0.25) is 0 Å². The van der Waals surface area contributed by atoms with Gasteiger partial charge in [0.1, 0.15) is 5.82 Å². The van der Waals surface area contributed by atoms with Gasteiger partial charge in [0.05, 0.1) is 0 Å². The topological polar surface area (TPSA) is 41.1 Å². The van der Waals surface area contributed by atoms with Gasteiger partial charge in [-0.1, -0.05) is 20.8 Å². The molecule has 0 bridgehead atoms. The second-order valence-electron chi connectivity index (χ2n) is 6.27. The van der Waals surface area contributed by atoms with E-state index in [-0.39, 0.29) is 0 Å². The molecule has 4 heteroatoms. The van der Waals surface area contributed by atoms with E-state index in [1.807, 2.05) is 6.92 Å². The summed E-state index contributed by atoms with van der Waals surface area (Å²) in [7, 11) is 0. The first-order valence-electron chi connectivity index (χ1n) is 7.35. The molecule has 1 fully saturated rings. The average Bonchev–Trinajstić information content (AvgIpc) is 2.35. The Hall–Kier alpha value is -1.32. The second kappa shape index (κ2) is 5.76. The molecule has 1 aliphatic heterocycles. The standard InChI is InChI=1S/C15H26N4/c1-5-8-16-14-17-12(2)11-13(18-14)19-9-6-15(3,4)7-10-19/h11H,5-10H2,1-4H3,(H,16,17,18). The van der Waals surface area contributed by atoms with E-state index in [4.69, 9.17) is 0 Å². The minimum Gasteiger partial charge on any atom is -0.356 e. The number of nitrogens with one attached hydrogen (secondary N) is 1. The third-order valence-corrected chi connectivity index (χ3v) is 3.81. The quantitative estimate of drug-likeness (QED) is 0.904. The Morgan fingerprint density at radius 2 is 1.95 bits per heavy atom. The SMILES string of the molecule is CCCNc1nc(C)cc(N2CCC(C)(C)CC2)n1. The molecule has 2 heterocycles. The van der Waals surface area contributed by atoms with Crippen LogP contribution in [0.5, 0.6) is 0 Å². The van der Waals surface area contributed by atoms with Crippen molar-refractivity contribution in [3.05, 3.63) is 11.8 Å². The minimum absolute atomic E-state index is 0.474. The van der Waals surface area contributed by atoms with Crippen LogP contribution < -0.4 is 10.2 Å². The maximum atomic E-state index is 4.65. The Kier molecular flexibility index (Phi) is 4.27. The zero-order valence-corrected chi connectivity index (χ0v) is 12.7. The van der Waals surface area contributed by atoms with E-state index in [9.17, 15) is 0 Å². The zero-order valence-electron chi connectivity index (χ0n) is 12.7. The lowest BCUT2D eigenvalue weighted by atomic mass is 9.83. The second-order valence-corrected chi connectivity index (χ2v) is 6.27. The number of nitrogens with zero attached hydrogens (tertiary/aromatic N) is 3. The molecule has 1 aromatic heterocycles.